The number of carbonyl (C=O) groups is 1. The highest BCUT2D eigenvalue weighted by Gasteiger charge is 2.39. The van der Waals surface area contributed by atoms with Gasteiger partial charge in [-0.1, -0.05) is 30.3 Å². The van der Waals surface area contributed by atoms with Crippen LogP contribution in [0.3, 0.4) is 0 Å². The van der Waals surface area contributed by atoms with E-state index < -0.39 is 0 Å². The van der Waals surface area contributed by atoms with E-state index in [2.05, 4.69) is 11.0 Å². The van der Waals surface area contributed by atoms with Crippen molar-refractivity contribution in [2.45, 2.75) is 24.9 Å². The standard InChI is InChI=1S/C23H27N3O3/c1-24-7-8-29-15-21(24)23(28)25-12-16-9-19(14-25)20-10-18(11-22(27)26(20)13-16)17-5-3-2-4-6-17/h2-6,10-11,16,19,21H,7-9,12-15H2,1H3/t16-,19+,21-/m0/s1. The molecule has 5 rings (SSSR count). The Morgan fingerprint density at radius 2 is 1.90 bits per heavy atom. The number of likely N-dealkylation sites (N-methyl/N-ethyl adjacent to an activating group) is 1. The van der Waals surface area contributed by atoms with Crippen LogP contribution in [0.15, 0.2) is 47.3 Å². The number of aromatic nitrogens is 1. The molecule has 6 heteroatoms. The van der Waals surface area contributed by atoms with Crippen molar-refractivity contribution in [3.63, 3.8) is 0 Å². The van der Waals surface area contributed by atoms with Gasteiger partial charge in [0.15, 0.2) is 0 Å². The Kier molecular flexibility index (Phi) is 4.76. The smallest absolute Gasteiger partial charge is 0.251 e. The number of amides is 1. The van der Waals surface area contributed by atoms with Gasteiger partial charge in [-0.15, -0.1) is 0 Å². The molecular weight excluding hydrogens is 366 g/mol. The first kappa shape index (κ1) is 18.6. The highest BCUT2D eigenvalue weighted by Crippen LogP contribution is 2.37. The summed E-state index contributed by atoms with van der Waals surface area (Å²) >= 11 is 0. The molecule has 1 amide bonds. The second kappa shape index (κ2) is 7.43. The molecule has 2 bridgehead atoms. The molecular formula is C23H27N3O3. The van der Waals surface area contributed by atoms with Crippen molar-refractivity contribution in [1.29, 1.82) is 0 Å². The van der Waals surface area contributed by atoms with Crippen LogP contribution in [0.5, 0.6) is 0 Å². The Labute approximate surface area is 170 Å². The van der Waals surface area contributed by atoms with Gasteiger partial charge in [-0.05, 0) is 36.6 Å². The topological polar surface area (TPSA) is 54.8 Å². The Hall–Kier alpha value is -2.44. The molecule has 1 aromatic heterocycles. The molecule has 0 unspecified atom stereocenters. The summed E-state index contributed by atoms with van der Waals surface area (Å²) in [6, 6.07) is 13.7. The lowest BCUT2D eigenvalue weighted by Crippen LogP contribution is -2.57. The van der Waals surface area contributed by atoms with Gasteiger partial charge in [0, 0.05) is 43.9 Å². The van der Waals surface area contributed by atoms with E-state index in [1.807, 2.05) is 46.8 Å². The average molecular weight is 393 g/mol. The van der Waals surface area contributed by atoms with Crippen molar-refractivity contribution in [3.05, 3.63) is 58.5 Å². The molecule has 2 fully saturated rings. The third kappa shape index (κ3) is 3.40. The zero-order chi connectivity index (χ0) is 20.0. The number of pyridine rings is 1. The van der Waals surface area contributed by atoms with Crippen LogP contribution in [0.4, 0.5) is 0 Å². The van der Waals surface area contributed by atoms with E-state index in [9.17, 15) is 9.59 Å². The third-order valence-corrected chi connectivity index (χ3v) is 6.66. The number of hydrogen-bond donors (Lipinski definition) is 0. The maximum absolute atomic E-state index is 13.2. The number of hydrogen-bond acceptors (Lipinski definition) is 4. The summed E-state index contributed by atoms with van der Waals surface area (Å²) in [6.45, 7) is 4.04. The Morgan fingerprint density at radius 1 is 1.07 bits per heavy atom. The van der Waals surface area contributed by atoms with Crippen molar-refractivity contribution in [1.82, 2.24) is 14.4 Å². The number of likely N-dealkylation sites (tertiary alicyclic amines) is 1. The largest absolute Gasteiger partial charge is 0.378 e. The number of benzene rings is 1. The van der Waals surface area contributed by atoms with E-state index in [-0.39, 0.29) is 23.4 Å². The van der Waals surface area contributed by atoms with Gasteiger partial charge < -0.3 is 14.2 Å². The molecule has 29 heavy (non-hydrogen) atoms. The monoisotopic (exact) mass is 393 g/mol. The quantitative estimate of drug-likeness (QED) is 0.781. The molecule has 0 radical (unpaired) electrons. The number of morpholine rings is 1. The van der Waals surface area contributed by atoms with Crippen LogP contribution >= 0.6 is 0 Å². The van der Waals surface area contributed by atoms with Crippen LogP contribution in [0.1, 0.15) is 18.0 Å². The third-order valence-electron chi connectivity index (χ3n) is 6.66. The first-order chi connectivity index (χ1) is 14.1. The highest BCUT2D eigenvalue weighted by molar-refractivity contribution is 5.82. The van der Waals surface area contributed by atoms with Crippen LogP contribution < -0.4 is 5.56 Å². The molecule has 4 heterocycles. The minimum atomic E-state index is -0.194. The number of rotatable bonds is 2. The lowest BCUT2D eigenvalue weighted by Gasteiger charge is -2.45. The number of fused-ring (bicyclic) bond motifs is 4. The van der Waals surface area contributed by atoms with Crippen LogP contribution in [-0.4, -0.2) is 66.2 Å². The van der Waals surface area contributed by atoms with Crippen molar-refractivity contribution in [2.75, 3.05) is 39.9 Å². The summed E-state index contributed by atoms with van der Waals surface area (Å²) in [6.07, 6.45) is 1.04. The molecule has 3 atom stereocenters. The fourth-order valence-corrected chi connectivity index (χ4v) is 5.09. The number of nitrogens with zero attached hydrogens (tertiary/aromatic N) is 3. The van der Waals surface area contributed by atoms with E-state index in [1.165, 1.54) is 0 Å². The zero-order valence-corrected chi connectivity index (χ0v) is 16.8. The van der Waals surface area contributed by atoms with Gasteiger partial charge >= 0.3 is 0 Å². The average Bonchev–Trinajstić information content (AvgIpc) is 2.75. The molecule has 0 aliphatic carbocycles. The van der Waals surface area contributed by atoms with Crippen molar-refractivity contribution >= 4 is 5.91 Å². The zero-order valence-electron chi connectivity index (χ0n) is 16.8. The predicted molar refractivity (Wildman–Crippen MR) is 111 cm³/mol. The fraction of sp³-hybridized carbons (Fsp3) is 0.478. The van der Waals surface area contributed by atoms with Crippen LogP contribution in [0.2, 0.25) is 0 Å². The van der Waals surface area contributed by atoms with Crippen LogP contribution in [-0.2, 0) is 16.1 Å². The van der Waals surface area contributed by atoms with Gasteiger partial charge in [0.2, 0.25) is 5.91 Å². The molecule has 0 spiro atoms. The highest BCUT2D eigenvalue weighted by atomic mass is 16.5. The Morgan fingerprint density at radius 3 is 2.69 bits per heavy atom. The van der Waals surface area contributed by atoms with Gasteiger partial charge in [-0.3, -0.25) is 14.5 Å². The molecule has 0 saturated carbocycles. The maximum Gasteiger partial charge on any atom is 0.251 e. The van der Waals surface area contributed by atoms with Gasteiger partial charge in [-0.25, -0.2) is 0 Å². The molecule has 152 valence electrons. The molecule has 3 aliphatic rings. The van der Waals surface area contributed by atoms with Gasteiger partial charge in [0.05, 0.1) is 13.2 Å². The van der Waals surface area contributed by atoms with E-state index >= 15 is 0 Å². The Balaban J connectivity index is 1.44. The summed E-state index contributed by atoms with van der Waals surface area (Å²) in [7, 11) is 2.00. The number of ether oxygens (including phenoxy) is 1. The normalized spacial score (nSPS) is 26.8. The summed E-state index contributed by atoms with van der Waals surface area (Å²) in [4.78, 5) is 30.2. The molecule has 6 nitrogen and oxygen atoms in total. The van der Waals surface area contributed by atoms with Crippen LogP contribution in [0, 0.1) is 5.92 Å². The van der Waals surface area contributed by atoms with Crippen molar-refractivity contribution in [3.8, 4) is 11.1 Å². The lowest BCUT2D eigenvalue weighted by atomic mass is 9.82. The fourth-order valence-electron chi connectivity index (χ4n) is 5.09. The molecule has 0 N–H and O–H groups in total. The summed E-state index contributed by atoms with van der Waals surface area (Å²) in [5.41, 5.74) is 3.15. The van der Waals surface area contributed by atoms with Gasteiger partial charge in [-0.2, -0.15) is 0 Å². The molecule has 3 aliphatic heterocycles. The molecule has 1 aromatic carbocycles. The SMILES string of the molecule is CN1CCOC[C@H]1C(=O)N1C[C@@H]2C[C@H](C1)c1cc(-c3ccccc3)cc(=O)n1C2. The van der Waals surface area contributed by atoms with Crippen LogP contribution in [0.25, 0.3) is 11.1 Å². The first-order valence-electron chi connectivity index (χ1n) is 10.5. The number of carbonyl (C=O) groups excluding carboxylic acids is 1. The van der Waals surface area contributed by atoms with Gasteiger partial charge in [0.1, 0.15) is 6.04 Å². The lowest BCUT2D eigenvalue weighted by molar-refractivity contribution is -0.144. The summed E-state index contributed by atoms with van der Waals surface area (Å²) < 4.78 is 7.49. The second-order valence-electron chi connectivity index (χ2n) is 8.60. The minimum Gasteiger partial charge on any atom is -0.378 e. The number of piperidine rings is 1. The molecule has 2 saturated heterocycles. The maximum atomic E-state index is 13.2. The summed E-state index contributed by atoms with van der Waals surface area (Å²) in [5.74, 6) is 0.704. The van der Waals surface area contributed by atoms with E-state index in [0.29, 0.717) is 32.2 Å². The minimum absolute atomic E-state index is 0.0660. The Bertz CT molecular complexity index is 971. The second-order valence-corrected chi connectivity index (χ2v) is 8.60. The van der Waals surface area contributed by atoms with Crippen molar-refractivity contribution in [2.24, 2.45) is 5.92 Å². The van der Waals surface area contributed by atoms with E-state index in [4.69, 9.17) is 4.74 Å². The summed E-state index contributed by atoms with van der Waals surface area (Å²) in [5, 5.41) is 0. The van der Waals surface area contributed by atoms with E-state index in [0.717, 1.165) is 36.3 Å². The molecule has 2 aromatic rings. The van der Waals surface area contributed by atoms with Crippen molar-refractivity contribution < 1.29 is 9.53 Å². The predicted octanol–water partition coefficient (Wildman–Crippen LogP) is 1.79. The first-order valence-corrected chi connectivity index (χ1v) is 10.5. The van der Waals surface area contributed by atoms with E-state index in [1.54, 1.807) is 6.07 Å². The van der Waals surface area contributed by atoms with Gasteiger partial charge in [0.25, 0.3) is 5.56 Å².